The summed E-state index contributed by atoms with van der Waals surface area (Å²) in [6.45, 7) is 0. The molecule has 0 spiro atoms. The molecule has 0 fully saturated rings. The highest BCUT2D eigenvalue weighted by Gasteiger charge is 2.24. The first-order valence-electron chi connectivity index (χ1n) is 21.4. The van der Waals surface area contributed by atoms with Crippen molar-refractivity contribution in [2.75, 3.05) is 0 Å². The lowest BCUT2D eigenvalue weighted by Gasteiger charge is -2.14. The second-order valence-corrected chi connectivity index (χ2v) is 16.2. The van der Waals surface area contributed by atoms with Gasteiger partial charge in [-0.3, -0.25) is 0 Å². The molecule has 0 aliphatic heterocycles. The SMILES string of the molecule is c1ccc(-c2cc(-c3cccc4c5c(ccc6c7ccccc7n(-c7ccccc7)c65)n(-c5ccc6c(c5)c5ccccc5n6-c5ccccc5)c34)nc(-c3ccccc3)n2)cc1. The van der Waals surface area contributed by atoms with Gasteiger partial charge in [-0.15, -0.1) is 0 Å². The van der Waals surface area contributed by atoms with Gasteiger partial charge in [0.2, 0.25) is 0 Å². The zero-order valence-corrected chi connectivity index (χ0v) is 34.1. The van der Waals surface area contributed by atoms with Crippen molar-refractivity contribution >= 4 is 65.4 Å². The molecule has 9 aromatic carbocycles. The molecule has 0 radical (unpaired) electrons. The minimum atomic E-state index is 0.688. The van der Waals surface area contributed by atoms with Crippen molar-refractivity contribution in [3.8, 4) is 51.0 Å². The fourth-order valence-corrected chi connectivity index (χ4v) is 9.94. The first kappa shape index (κ1) is 35.2. The van der Waals surface area contributed by atoms with Gasteiger partial charge in [-0.2, -0.15) is 0 Å². The molecule has 5 heteroatoms. The van der Waals surface area contributed by atoms with E-state index in [1.165, 1.54) is 43.5 Å². The summed E-state index contributed by atoms with van der Waals surface area (Å²) in [5.41, 5.74) is 15.0. The van der Waals surface area contributed by atoms with Gasteiger partial charge < -0.3 is 13.7 Å². The summed E-state index contributed by atoms with van der Waals surface area (Å²) in [5.74, 6) is 0.688. The first-order valence-corrected chi connectivity index (χ1v) is 21.4. The van der Waals surface area contributed by atoms with Crippen molar-refractivity contribution in [2.24, 2.45) is 0 Å². The Morgan fingerprint density at radius 1 is 0.286 bits per heavy atom. The summed E-state index contributed by atoms with van der Waals surface area (Å²) in [7, 11) is 0. The summed E-state index contributed by atoms with van der Waals surface area (Å²) in [6.07, 6.45) is 0. The second-order valence-electron chi connectivity index (χ2n) is 16.2. The molecule has 4 heterocycles. The Bertz CT molecular complexity index is 3820. The van der Waals surface area contributed by atoms with E-state index in [0.717, 1.165) is 67.1 Å². The van der Waals surface area contributed by atoms with Crippen LogP contribution in [0.2, 0.25) is 0 Å². The largest absolute Gasteiger partial charge is 0.309 e. The molecular formula is C58H37N5. The molecule has 0 saturated heterocycles. The number of benzene rings is 9. The Balaban J connectivity index is 1.18. The van der Waals surface area contributed by atoms with E-state index >= 15 is 0 Å². The molecule has 4 aromatic heterocycles. The molecule has 0 saturated carbocycles. The number of aromatic nitrogens is 5. The van der Waals surface area contributed by atoms with Crippen molar-refractivity contribution in [1.29, 1.82) is 0 Å². The minimum Gasteiger partial charge on any atom is -0.309 e. The van der Waals surface area contributed by atoms with E-state index in [2.05, 4.69) is 214 Å². The van der Waals surface area contributed by atoms with Crippen molar-refractivity contribution in [3.63, 3.8) is 0 Å². The van der Waals surface area contributed by atoms with Gasteiger partial charge in [0.15, 0.2) is 5.82 Å². The summed E-state index contributed by atoms with van der Waals surface area (Å²) in [5, 5.41) is 7.19. The van der Waals surface area contributed by atoms with Crippen LogP contribution >= 0.6 is 0 Å². The third-order valence-corrected chi connectivity index (χ3v) is 12.6. The molecule has 13 aromatic rings. The molecule has 0 aliphatic carbocycles. The number of nitrogens with zero attached hydrogens (tertiary/aromatic N) is 5. The number of rotatable bonds is 6. The normalized spacial score (nSPS) is 11.8. The van der Waals surface area contributed by atoms with Crippen LogP contribution in [-0.2, 0) is 0 Å². The summed E-state index contributed by atoms with van der Waals surface area (Å²) >= 11 is 0. The van der Waals surface area contributed by atoms with Crippen LogP contribution in [0.5, 0.6) is 0 Å². The van der Waals surface area contributed by atoms with Crippen molar-refractivity contribution in [2.45, 2.75) is 0 Å². The van der Waals surface area contributed by atoms with Crippen LogP contribution in [0.25, 0.3) is 116 Å². The third kappa shape index (κ3) is 5.43. The van der Waals surface area contributed by atoms with Gasteiger partial charge >= 0.3 is 0 Å². The van der Waals surface area contributed by atoms with E-state index in [4.69, 9.17) is 9.97 Å². The van der Waals surface area contributed by atoms with Gasteiger partial charge in [-0.1, -0.05) is 158 Å². The highest BCUT2D eigenvalue weighted by atomic mass is 15.0. The highest BCUT2D eigenvalue weighted by molar-refractivity contribution is 6.27. The highest BCUT2D eigenvalue weighted by Crippen LogP contribution is 2.45. The molecule has 5 nitrogen and oxygen atoms in total. The Labute approximate surface area is 363 Å². The third-order valence-electron chi connectivity index (χ3n) is 12.6. The van der Waals surface area contributed by atoms with Gasteiger partial charge in [0.25, 0.3) is 0 Å². The van der Waals surface area contributed by atoms with Crippen LogP contribution in [0.4, 0.5) is 0 Å². The van der Waals surface area contributed by atoms with Crippen molar-refractivity contribution < 1.29 is 0 Å². The number of para-hydroxylation sites is 5. The van der Waals surface area contributed by atoms with Crippen LogP contribution in [0, 0.1) is 0 Å². The van der Waals surface area contributed by atoms with E-state index in [1.54, 1.807) is 0 Å². The Morgan fingerprint density at radius 3 is 1.52 bits per heavy atom. The molecular weight excluding hydrogens is 767 g/mol. The molecule has 0 aliphatic rings. The Kier molecular flexibility index (Phi) is 7.84. The van der Waals surface area contributed by atoms with E-state index in [0.29, 0.717) is 5.82 Å². The van der Waals surface area contributed by atoms with E-state index in [9.17, 15) is 0 Å². The molecule has 0 atom stereocenters. The maximum Gasteiger partial charge on any atom is 0.160 e. The van der Waals surface area contributed by atoms with Crippen LogP contribution in [0.15, 0.2) is 224 Å². The lowest BCUT2D eigenvalue weighted by atomic mass is 10.0. The second kappa shape index (κ2) is 14.0. The average Bonchev–Trinajstić information content (AvgIpc) is 4.00. The number of hydrogen-bond acceptors (Lipinski definition) is 2. The zero-order valence-electron chi connectivity index (χ0n) is 34.1. The van der Waals surface area contributed by atoms with Crippen LogP contribution in [-0.4, -0.2) is 23.7 Å². The average molecular weight is 804 g/mol. The number of fused-ring (bicyclic) bond motifs is 10. The van der Waals surface area contributed by atoms with Gasteiger partial charge in [0, 0.05) is 66.1 Å². The van der Waals surface area contributed by atoms with Gasteiger partial charge in [0.1, 0.15) is 0 Å². The van der Waals surface area contributed by atoms with Gasteiger partial charge in [-0.05, 0) is 66.7 Å². The summed E-state index contributed by atoms with van der Waals surface area (Å²) in [6, 6.07) is 80.2. The molecule has 0 unspecified atom stereocenters. The van der Waals surface area contributed by atoms with Crippen molar-refractivity contribution in [1.82, 2.24) is 23.7 Å². The molecule has 0 bridgehead atoms. The molecule has 0 amide bonds. The van der Waals surface area contributed by atoms with Crippen LogP contribution in [0.1, 0.15) is 0 Å². The van der Waals surface area contributed by atoms with E-state index < -0.39 is 0 Å². The minimum absolute atomic E-state index is 0.688. The van der Waals surface area contributed by atoms with E-state index in [1.807, 2.05) is 24.3 Å². The topological polar surface area (TPSA) is 40.6 Å². The van der Waals surface area contributed by atoms with Gasteiger partial charge in [0.05, 0.1) is 44.5 Å². The van der Waals surface area contributed by atoms with Crippen molar-refractivity contribution in [3.05, 3.63) is 224 Å². The predicted octanol–water partition coefficient (Wildman–Crippen LogP) is 14.8. The monoisotopic (exact) mass is 803 g/mol. The fraction of sp³-hybridized carbons (Fsp3) is 0. The van der Waals surface area contributed by atoms with E-state index in [-0.39, 0.29) is 0 Å². The smallest absolute Gasteiger partial charge is 0.160 e. The molecule has 294 valence electrons. The molecule has 0 N–H and O–H groups in total. The zero-order chi connectivity index (χ0) is 41.4. The van der Waals surface area contributed by atoms with Crippen LogP contribution < -0.4 is 0 Å². The first-order chi connectivity index (χ1) is 31.3. The lowest BCUT2D eigenvalue weighted by Crippen LogP contribution is -1.99. The number of hydrogen-bond donors (Lipinski definition) is 0. The Morgan fingerprint density at radius 2 is 0.810 bits per heavy atom. The summed E-state index contributed by atoms with van der Waals surface area (Å²) in [4.78, 5) is 10.6. The quantitative estimate of drug-likeness (QED) is 0.168. The molecule has 63 heavy (non-hydrogen) atoms. The van der Waals surface area contributed by atoms with Crippen LogP contribution in [0.3, 0.4) is 0 Å². The van der Waals surface area contributed by atoms with Gasteiger partial charge in [-0.25, -0.2) is 9.97 Å². The predicted molar refractivity (Wildman–Crippen MR) is 261 cm³/mol. The maximum absolute atomic E-state index is 5.41. The lowest BCUT2D eigenvalue weighted by molar-refractivity contribution is 1.16. The Hall–Kier alpha value is -8.54. The molecule has 13 rings (SSSR count). The maximum atomic E-state index is 5.41. The summed E-state index contributed by atoms with van der Waals surface area (Å²) < 4.78 is 7.31. The standard InChI is InChI=1S/C58H37N5/c1-5-18-38(19-6-1)49-37-50(60-58(59-49)39-20-7-2-8-21-39)46-28-17-29-47-55-54(35-33-45-43-26-13-16-31-52(43)62(57(45)55)41-24-11-4-12-25-41)63(56(46)47)42-32-34-53-48(36-42)44-27-14-15-30-51(44)61(53)40-22-9-3-10-23-40/h1-37H. The fourth-order valence-electron chi connectivity index (χ4n) is 9.94.